The van der Waals surface area contributed by atoms with Crippen molar-refractivity contribution in [2.45, 2.75) is 45.4 Å². The summed E-state index contributed by atoms with van der Waals surface area (Å²) in [5, 5.41) is 10.1. The van der Waals surface area contributed by atoms with Gasteiger partial charge in [0.15, 0.2) is 5.76 Å². The molecule has 6 nitrogen and oxygen atoms in total. The van der Waals surface area contributed by atoms with Crippen LogP contribution in [0, 0.1) is 12.8 Å². The number of hydrogen-bond donors (Lipinski definition) is 1. The first-order chi connectivity index (χ1) is 12.7. The smallest absolute Gasteiger partial charge is 0.225 e. The van der Waals surface area contributed by atoms with Crippen molar-refractivity contribution >= 4 is 23.1 Å². The number of thiazole rings is 1. The van der Waals surface area contributed by atoms with Crippen molar-refractivity contribution in [3.8, 4) is 16.6 Å². The fourth-order valence-electron chi connectivity index (χ4n) is 3.47. The predicted molar refractivity (Wildman–Crippen MR) is 101 cm³/mol. The van der Waals surface area contributed by atoms with Crippen molar-refractivity contribution in [2.75, 3.05) is 5.32 Å². The van der Waals surface area contributed by atoms with E-state index < -0.39 is 0 Å². The summed E-state index contributed by atoms with van der Waals surface area (Å²) >= 11 is 1.47. The number of nitrogens with zero attached hydrogens (tertiary/aromatic N) is 3. The number of aromatic nitrogens is 3. The van der Waals surface area contributed by atoms with E-state index in [4.69, 9.17) is 4.42 Å². The quantitative estimate of drug-likeness (QED) is 0.676. The van der Waals surface area contributed by atoms with Crippen LogP contribution in [0.5, 0.6) is 0 Å². The van der Waals surface area contributed by atoms with Gasteiger partial charge in [-0.3, -0.25) is 4.79 Å². The van der Waals surface area contributed by atoms with Crippen LogP contribution in [0.2, 0.25) is 0 Å². The number of hydrogen-bond acceptors (Lipinski definition) is 5. The molecule has 136 valence electrons. The summed E-state index contributed by atoms with van der Waals surface area (Å²) in [5.74, 6) is 2.14. The number of carbonyl (C=O) groups excluding carboxylic acids is 1. The summed E-state index contributed by atoms with van der Waals surface area (Å²) in [6.45, 7) is 1.91. The Labute approximate surface area is 156 Å². The van der Waals surface area contributed by atoms with E-state index in [0.717, 1.165) is 23.6 Å². The van der Waals surface area contributed by atoms with Gasteiger partial charge in [0.2, 0.25) is 11.0 Å². The summed E-state index contributed by atoms with van der Waals surface area (Å²) in [4.78, 5) is 17.0. The molecule has 0 unspecified atom stereocenters. The van der Waals surface area contributed by atoms with Crippen LogP contribution < -0.4 is 5.32 Å². The largest absolute Gasteiger partial charge is 0.463 e. The van der Waals surface area contributed by atoms with Gasteiger partial charge in [-0.05, 0) is 31.4 Å². The highest BCUT2D eigenvalue weighted by Crippen LogP contribution is 2.29. The summed E-state index contributed by atoms with van der Waals surface area (Å²) in [5.41, 5.74) is 1.60. The van der Waals surface area contributed by atoms with E-state index >= 15 is 0 Å². The van der Waals surface area contributed by atoms with E-state index in [1.807, 2.05) is 30.5 Å². The topological polar surface area (TPSA) is 73.0 Å². The van der Waals surface area contributed by atoms with Crippen LogP contribution in [0.15, 0.2) is 34.3 Å². The first-order valence-corrected chi connectivity index (χ1v) is 9.93. The Hall–Kier alpha value is -2.41. The number of nitrogens with one attached hydrogen (secondary N) is 1. The zero-order valence-corrected chi connectivity index (χ0v) is 15.6. The molecule has 1 amide bonds. The fraction of sp³-hybridized carbons (Fsp3) is 0.421. The van der Waals surface area contributed by atoms with E-state index in [1.165, 1.54) is 37.0 Å². The Balaban J connectivity index is 1.47. The van der Waals surface area contributed by atoms with Crippen molar-refractivity contribution in [1.82, 2.24) is 14.8 Å². The highest BCUT2D eigenvalue weighted by molar-refractivity contribution is 7.12. The average molecular weight is 370 g/mol. The monoisotopic (exact) mass is 370 g/mol. The number of furan rings is 1. The van der Waals surface area contributed by atoms with E-state index in [-0.39, 0.29) is 5.91 Å². The van der Waals surface area contributed by atoms with Gasteiger partial charge >= 0.3 is 0 Å². The lowest BCUT2D eigenvalue weighted by molar-refractivity contribution is -0.116. The third kappa shape index (κ3) is 3.72. The Morgan fingerprint density at radius 3 is 3.04 bits per heavy atom. The lowest BCUT2D eigenvalue weighted by Gasteiger charge is -2.09. The molecular formula is C19H22N4O2S. The Kier molecular flexibility index (Phi) is 4.88. The third-order valence-corrected chi connectivity index (χ3v) is 5.62. The molecule has 0 aromatic carbocycles. The minimum absolute atomic E-state index is 0.0425. The molecule has 4 rings (SSSR count). The standard InChI is InChI=1S/C19H22N4O2S/c1-13-11-17(21-18(24)9-8-14-5-2-3-6-14)23(22-13)19-20-15(12-26-19)16-7-4-10-25-16/h4,7,10-12,14H,2-3,5-6,8-9H2,1H3,(H,21,24). The lowest BCUT2D eigenvalue weighted by atomic mass is 10.0. The fourth-order valence-corrected chi connectivity index (χ4v) is 4.25. The molecule has 1 N–H and O–H groups in total. The predicted octanol–water partition coefficient (Wildman–Crippen LogP) is 4.81. The van der Waals surface area contributed by atoms with Crippen LogP contribution >= 0.6 is 11.3 Å². The van der Waals surface area contributed by atoms with E-state index in [1.54, 1.807) is 10.9 Å². The molecule has 1 fully saturated rings. The molecule has 0 saturated heterocycles. The molecule has 26 heavy (non-hydrogen) atoms. The van der Waals surface area contributed by atoms with Crippen LogP contribution in [0.25, 0.3) is 16.6 Å². The van der Waals surface area contributed by atoms with Crippen LogP contribution in [-0.4, -0.2) is 20.7 Å². The molecule has 1 saturated carbocycles. The lowest BCUT2D eigenvalue weighted by Crippen LogP contribution is -2.15. The maximum atomic E-state index is 12.4. The van der Waals surface area contributed by atoms with Gasteiger partial charge < -0.3 is 9.73 Å². The first-order valence-electron chi connectivity index (χ1n) is 9.05. The van der Waals surface area contributed by atoms with Gasteiger partial charge in [0.1, 0.15) is 11.5 Å². The van der Waals surface area contributed by atoms with Crippen molar-refractivity contribution in [2.24, 2.45) is 5.92 Å². The van der Waals surface area contributed by atoms with Crippen LogP contribution in [-0.2, 0) is 4.79 Å². The number of carbonyl (C=O) groups is 1. The highest BCUT2D eigenvalue weighted by Gasteiger charge is 2.18. The summed E-state index contributed by atoms with van der Waals surface area (Å²) in [7, 11) is 0. The molecular weight excluding hydrogens is 348 g/mol. The molecule has 3 heterocycles. The average Bonchev–Trinajstić information content (AvgIpc) is 3.39. The Bertz CT molecular complexity index is 875. The maximum Gasteiger partial charge on any atom is 0.225 e. The minimum atomic E-state index is 0.0425. The zero-order valence-electron chi connectivity index (χ0n) is 14.8. The minimum Gasteiger partial charge on any atom is -0.463 e. The summed E-state index contributed by atoms with van der Waals surface area (Å²) < 4.78 is 7.09. The highest BCUT2D eigenvalue weighted by atomic mass is 32.1. The van der Waals surface area contributed by atoms with Gasteiger partial charge in [0.25, 0.3) is 0 Å². The molecule has 0 radical (unpaired) electrons. The molecule has 0 aliphatic heterocycles. The third-order valence-electron chi connectivity index (χ3n) is 4.80. The maximum absolute atomic E-state index is 12.4. The van der Waals surface area contributed by atoms with Crippen molar-refractivity contribution in [3.05, 3.63) is 35.5 Å². The molecule has 0 bridgehead atoms. The molecule has 7 heteroatoms. The molecule has 0 atom stereocenters. The summed E-state index contributed by atoms with van der Waals surface area (Å²) in [6.07, 6.45) is 8.30. The molecule has 3 aromatic heterocycles. The van der Waals surface area contributed by atoms with Gasteiger partial charge in [-0.2, -0.15) is 9.78 Å². The Morgan fingerprint density at radius 1 is 1.42 bits per heavy atom. The van der Waals surface area contributed by atoms with Crippen LogP contribution in [0.3, 0.4) is 0 Å². The second-order valence-corrected chi connectivity index (χ2v) is 7.65. The van der Waals surface area contributed by atoms with Gasteiger partial charge in [-0.1, -0.05) is 25.7 Å². The van der Waals surface area contributed by atoms with Crippen molar-refractivity contribution in [1.29, 1.82) is 0 Å². The molecule has 1 aliphatic rings. The number of anilines is 1. The van der Waals surface area contributed by atoms with Gasteiger partial charge in [0, 0.05) is 17.9 Å². The van der Waals surface area contributed by atoms with Gasteiger partial charge in [-0.25, -0.2) is 4.98 Å². The second-order valence-electron chi connectivity index (χ2n) is 6.81. The number of aryl methyl sites for hydroxylation is 1. The first kappa shape index (κ1) is 17.0. The van der Waals surface area contributed by atoms with E-state index in [9.17, 15) is 4.79 Å². The molecule has 1 aliphatic carbocycles. The van der Waals surface area contributed by atoms with Gasteiger partial charge in [-0.15, -0.1) is 11.3 Å². The molecule has 3 aromatic rings. The van der Waals surface area contributed by atoms with Crippen LogP contribution in [0.1, 0.15) is 44.2 Å². The summed E-state index contributed by atoms with van der Waals surface area (Å²) in [6, 6.07) is 5.59. The van der Waals surface area contributed by atoms with E-state index in [0.29, 0.717) is 23.3 Å². The van der Waals surface area contributed by atoms with Crippen LogP contribution in [0.4, 0.5) is 5.82 Å². The number of amides is 1. The van der Waals surface area contributed by atoms with Crippen molar-refractivity contribution in [3.63, 3.8) is 0 Å². The molecule has 0 spiro atoms. The second kappa shape index (κ2) is 7.45. The van der Waals surface area contributed by atoms with Gasteiger partial charge in [0.05, 0.1) is 12.0 Å². The normalized spacial score (nSPS) is 14.8. The SMILES string of the molecule is Cc1cc(NC(=O)CCC2CCCC2)n(-c2nc(-c3ccco3)cs2)n1. The Morgan fingerprint density at radius 2 is 2.27 bits per heavy atom. The number of rotatable bonds is 6. The van der Waals surface area contributed by atoms with Crippen molar-refractivity contribution < 1.29 is 9.21 Å². The zero-order chi connectivity index (χ0) is 17.9. The van der Waals surface area contributed by atoms with E-state index in [2.05, 4.69) is 15.4 Å².